The van der Waals surface area contributed by atoms with Gasteiger partial charge in [-0.2, -0.15) is 0 Å². The maximum atomic E-state index is 12.3. The molecule has 0 aliphatic heterocycles. The Morgan fingerprint density at radius 3 is 2.62 bits per heavy atom. The van der Waals surface area contributed by atoms with E-state index in [2.05, 4.69) is 17.8 Å². The van der Waals surface area contributed by atoms with Crippen LogP contribution < -0.4 is 10.9 Å². The van der Waals surface area contributed by atoms with E-state index in [1.54, 1.807) is 17.8 Å². The lowest BCUT2D eigenvalue weighted by Gasteiger charge is -2.10. The summed E-state index contributed by atoms with van der Waals surface area (Å²) < 4.78 is 0. The first-order valence-corrected chi connectivity index (χ1v) is 9.61. The van der Waals surface area contributed by atoms with Crippen LogP contribution in [0.3, 0.4) is 0 Å². The predicted molar refractivity (Wildman–Crippen MR) is 104 cm³/mol. The van der Waals surface area contributed by atoms with Crippen molar-refractivity contribution >= 4 is 35.0 Å². The quantitative estimate of drug-likeness (QED) is 0.338. The fraction of sp³-hybridized carbons (Fsp3) is 0.316. The molecule has 24 heavy (non-hydrogen) atoms. The minimum atomic E-state index is -0.239. The van der Waals surface area contributed by atoms with Crippen LogP contribution in [0.15, 0.2) is 53.4 Å². The fourth-order valence-corrected chi connectivity index (χ4v) is 3.36. The number of carbonyl (C=O) groups is 1. The summed E-state index contributed by atoms with van der Waals surface area (Å²) in [6.45, 7) is 2.21. The number of carbonyl (C=O) groups excluding carboxylic acids is 1. The SMILES string of the molecule is CCCCCCSc1ccc(Cl)c(C(=O)NNc2ccccc2)c1. The molecular weight excluding hydrogens is 340 g/mol. The van der Waals surface area contributed by atoms with E-state index in [0.717, 1.165) is 16.3 Å². The van der Waals surface area contributed by atoms with E-state index in [1.165, 1.54) is 25.7 Å². The molecule has 0 saturated heterocycles. The van der Waals surface area contributed by atoms with Gasteiger partial charge in [0.05, 0.1) is 16.3 Å². The lowest BCUT2D eigenvalue weighted by Crippen LogP contribution is -2.29. The number of nitrogens with one attached hydrogen (secondary N) is 2. The molecule has 2 rings (SSSR count). The number of rotatable bonds is 9. The molecule has 2 N–H and O–H groups in total. The van der Waals surface area contributed by atoms with Crippen LogP contribution in [0.1, 0.15) is 43.0 Å². The molecular formula is C19H23ClN2OS. The highest BCUT2D eigenvalue weighted by atomic mass is 35.5. The van der Waals surface area contributed by atoms with Crippen molar-refractivity contribution in [2.75, 3.05) is 11.2 Å². The second-order valence-corrected chi connectivity index (χ2v) is 7.07. The van der Waals surface area contributed by atoms with Crippen molar-refractivity contribution in [2.24, 2.45) is 0 Å². The minimum absolute atomic E-state index is 0.239. The Balaban J connectivity index is 1.90. The van der Waals surface area contributed by atoms with Gasteiger partial charge in [-0.15, -0.1) is 11.8 Å². The third-order valence-corrected chi connectivity index (χ3v) is 4.95. The molecule has 0 spiro atoms. The molecule has 0 bridgehead atoms. The third kappa shape index (κ3) is 6.10. The summed E-state index contributed by atoms with van der Waals surface area (Å²) in [7, 11) is 0. The lowest BCUT2D eigenvalue weighted by molar-refractivity contribution is 0.0962. The van der Waals surface area contributed by atoms with E-state index in [9.17, 15) is 4.79 Å². The number of hydrazine groups is 1. The zero-order chi connectivity index (χ0) is 17.2. The number of unbranched alkanes of at least 4 members (excludes halogenated alkanes) is 3. The molecule has 0 atom stereocenters. The molecule has 0 radical (unpaired) electrons. The number of para-hydroxylation sites is 1. The molecule has 1 amide bonds. The van der Waals surface area contributed by atoms with Gasteiger partial charge in [0.1, 0.15) is 0 Å². The number of benzene rings is 2. The fourth-order valence-electron chi connectivity index (χ4n) is 2.20. The molecule has 5 heteroatoms. The third-order valence-electron chi connectivity index (χ3n) is 3.54. The Hall–Kier alpha value is -1.65. The minimum Gasteiger partial charge on any atom is -0.298 e. The molecule has 0 unspecified atom stereocenters. The van der Waals surface area contributed by atoms with Gasteiger partial charge in [0.25, 0.3) is 5.91 Å². The number of thioether (sulfide) groups is 1. The summed E-state index contributed by atoms with van der Waals surface area (Å²) in [6.07, 6.45) is 4.97. The summed E-state index contributed by atoms with van der Waals surface area (Å²) in [5.41, 5.74) is 6.88. The van der Waals surface area contributed by atoms with Crippen molar-refractivity contribution in [3.63, 3.8) is 0 Å². The number of halogens is 1. The van der Waals surface area contributed by atoms with Crippen molar-refractivity contribution in [1.29, 1.82) is 0 Å². The second kappa shape index (κ2) is 10.3. The zero-order valence-electron chi connectivity index (χ0n) is 13.8. The number of anilines is 1. The summed E-state index contributed by atoms with van der Waals surface area (Å²) in [5, 5.41) is 0.456. The van der Waals surface area contributed by atoms with Crippen LogP contribution in [0.25, 0.3) is 0 Å². The highest BCUT2D eigenvalue weighted by Gasteiger charge is 2.11. The first kappa shape index (κ1) is 18.7. The first-order chi connectivity index (χ1) is 11.7. The molecule has 0 saturated carbocycles. The van der Waals surface area contributed by atoms with E-state index in [4.69, 9.17) is 11.6 Å². The normalized spacial score (nSPS) is 10.4. The van der Waals surface area contributed by atoms with Crippen LogP contribution in [0.5, 0.6) is 0 Å². The molecule has 128 valence electrons. The number of amides is 1. The second-order valence-electron chi connectivity index (χ2n) is 5.50. The molecule has 0 aromatic heterocycles. The summed E-state index contributed by atoms with van der Waals surface area (Å²) in [5.74, 6) is 0.822. The average Bonchev–Trinajstić information content (AvgIpc) is 2.61. The van der Waals surface area contributed by atoms with Gasteiger partial charge in [-0.1, -0.05) is 56.0 Å². The van der Waals surface area contributed by atoms with Crippen molar-refractivity contribution in [2.45, 2.75) is 37.5 Å². The molecule has 2 aromatic carbocycles. The number of hydrogen-bond acceptors (Lipinski definition) is 3. The number of hydrogen-bond donors (Lipinski definition) is 2. The van der Waals surface area contributed by atoms with Gasteiger partial charge in [0.15, 0.2) is 0 Å². The average molecular weight is 363 g/mol. The Morgan fingerprint density at radius 2 is 1.88 bits per heavy atom. The van der Waals surface area contributed by atoms with Gasteiger partial charge in [0, 0.05) is 4.90 Å². The van der Waals surface area contributed by atoms with E-state index < -0.39 is 0 Å². The van der Waals surface area contributed by atoms with E-state index in [0.29, 0.717) is 10.6 Å². The van der Waals surface area contributed by atoms with Crippen molar-refractivity contribution in [3.05, 3.63) is 59.1 Å². The van der Waals surface area contributed by atoms with Gasteiger partial charge in [0.2, 0.25) is 0 Å². The van der Waals surface area contributed by atoms with Crippen molar-refractivity contribution < 1.29 is 4.79 Å². The first-order valence-electron chi connectivity index (χ1n) is 8.24. The Bertz CT molecular complexity index is 649. The summed E-state index contributed by atoms with van der Waals surface area (Å²) in [6, 6.07) is 15.1. The lowest BCUT2D eigenvalue weighted by atomic mass is 10.2. The van der Waals surface area contributed by atoms with Crippen LogP contribution in [0.4, 0.5) is 5.69 Å². The van der Waals surface area contributed by atoms with Crippen LogP contribution >= 0.6 is 23.4 Å². The largest absolute Gasteiger partial charge is 0.298 e. The van der Waals surface area contributed by atoms with E-state index in [1.807, 2.05) is 42.5 Å². The van der Waals surface area contributed by atoms with E-state index in [-0.39, 0.29) is 5.91 Å². The summed E-state index contributed by atoms with van der Waals surface area (Å²) >= 11 is 7.94. The Morgan fingerprint density at radius 1 is 1.08 bits per heavy atom. The molecule has 0 heterocycles. The zero-order valence-corrected chi connectivity index (χ0v) is 15.4. The Labute approximate surface area is 153 Å². The predicted octanol–water partition coefficient (Wildman–Crippen LogP) is 5.77. The van der Waals surface area contributed by atoms with E-state index >= 15 is 0 Å². The van der Waals surface area contributed by atoms with Crippen LogP contribution in [-0.2, 0) is 0 Å². The van der Waals surface area contributed by atoms with Gasteiger partial charge in [-0.05, 0) is 42.5 Å². The van der Waals surface area contributed by atoms with Crippen molar-refractivity contribution in [1.82, 2.24) is 5.43 Å². The summed E-state index contributed by atoms with van der Waals surface area (Å²) in [4.78, 5) is 13.4. The molecule has 0 aliphatic rings. The molecule has 0 fully saturated rings. The van der Waals surface area contributed by atoms with Crippen molar-refractivity contribution in [3.8, 4) is 0 Å². The van der Waals surface area contributed by atoms with Gasteiger partial charge in [-0.25, -0.2) is 0 Å². The maximum absolute atomic E-state index is 12.3. The molecule has 3 nitrogen and oxygen atoms in total. The Kier molecular flexibility index (Phi) is 7.99. The van der Waals surface area contributed by atoms with Gasteiger partial charge < -0.3 is 0 Å². The highest BCUT2D eigenvalue weighted by molar-refractivity contribution is 7.99. The smallest absolute Gasteiger partial charge is 0.271 e. The van der Waals surface area contributed by atoms with Crippen LogP contribution in [-0.4, -0.2) is 11.7 Å². The maximum Gasteiger partial charge on any atom is 0.271 e. The molecule has 2 aromatic rings. The standard InChI is InChI=1S/C19H23ClN2OS/c1-2-3-4-8-13-24-16-11-12-18(20)17(14-16)19(23)22-21-15-9-6-5-7-10-15/h5-7,9-12,14,21H,2-4,8,13H2,1H3,(H,22,23). The van der Waals surface area contributed by atoms with Gasteiger partial charge >= 0.3 is 0 Å². The van der Waals surface area contributed by atoms with Gasteiger partial charge in [-0.3, -0.25) is 15.6 Å². The van der Waals surface area contributed by atoms with Crippen LogP contribution in [0, 0.1) is 0 Å². The monoisotopic (exact) mass is 362 g/mol. The molecule has 0 aliphatic carbocycles. The highest BCUT2D eigenvalue weighted by Crippen LogP contribution is 2.25. The topological polar surface area (TPSA) is 41.1 Å². The van der Waals surface area contributed by atoms with Crippen LogP contribution in [0.2, 0.25) is 5.02 Å².